The van der Waals surface area contributed by atoms with Crippen molar-refractivity contribution in [3.8, 4) is 0 Å². The number of nitrogens with two attached hydrogens (primary N) is 1. The Morgan fingerprint density at radius 1 is 1.29 bits per heavy atom. The average Bonchev–Trinajstić information content (AvgIpc) is 2.76. The minimum absolute atomic E-state index is 0.0335. The molecular weight excluding hydrogens is 308 g/mol. The van der Waals surface area contributed by atoms with E-state index in [0.29, 0.717) is 10.9 Å². The molecule has 0 atom stereocenters. The van der Waals surface area contributed by atoms with E-state index in [2.05, 4.69) is 28.0 Å². The van der Waals surface area contributed by atoms with Gasteiger partial charge in [-0.1, -0.05) is 20.8 Å². The van der Waals surface area contributed by atoms with E-state index < -0.39 is 9.84 Å². The van der Waals surface area contributed by atoms with E-state index in [1.54, 1.807) is 6.92 Å². The Kier molecular flexibility index (Phi) is 6.42. The van der Waals surface area contributed by atoms with Gasteiger partial charge in [0.1, 0.15) is 9.90 Å². The summed E-state index contributed by atoms with van der Waals surface area (Å²) in [7, 11) is 0.629. The number of hydrogen-bond acceptors (Lipinski definition) is 7. The maximum atomic E-state index is 12.3. The summed E-state index contributed by atoms with van der Waals surface area (Å²) in [6.45, 7) is 8.22. The minimum Gasteiger partial charge on any atom is -0.382 e. The molecule has 8 heteroatoms. The van der Waals surface area contributed by atoms with Gasteiger partial charge in [-0.3, -0.25) is 0 Å². The third-order valence-corrected chi connectivity index (χ3v) is 5.88. The Bertz CT molecular complexity index is 553. The van der Waals surface area contributed by atoms with Gasteiger partial charge in [0.25, 0.3) is 0 Å². The molecule has 1 heterocycles. The maximum absolute atomic E-state index is 12.3. The molecule has 0 aliphatic carbocycles. The van der Waals surface area contributed by atoms with Gasteiger partial charge in [0.05, 0.1) is 5.75 Å². The molecule has 122 valence electrons. The van der Waals surface area contributed by atoms with Crippen molar-refractivity contribution in [2.24, 2.45) is 5.92 Å². The molecule has 6 nitrogen and oxygen atoms in total. The van der Waals surface area contributed by atoms with Crippen molar-refractivity contribution in [2.45, 2.75) is 25.7 Å². The predicted molar refractivity (Wildman–Crippen MR) is 89.9 cm³/mol. The van der Waals surface area contributed by atoms with Crippen LogP contribution < -0.4 is 10.6 Å². The summed E-state index contributed by atoms with van der Waals surface area (Å²) < 4.78 is 28.6. The molecule has 1 rings (SSSR count). The molecule has 0 radical (unpaired) electrons. The van der Waals surface area contributed by atoms with Crippen LogP contribution in [0, 0.1) is 5.92 Å². The lowest BCUT2D eigenvalue weighted by atomic mass is 10.2. The highest BCUT2D eigenvalue weighted by Gasteiger charge is 2.27. The second kappa shape index (κ2) is 7.42. The van der Waals surface area contributed by atoms with Crippen LogP contribution >= 0.6 is 11.5 Å². The first-order valence-electron chi connectivity index (χ1n) is 7.06. The topological polar surface area (TPSA) is 79.5 Å². The number of nitrogens with zero attached hydrogens (tertiary/aromatic N) is 3. The van der Waals surface area contributed by atoms with Crippen LogP contribution in [0.2, 0.25) is 0 Å². The van der Waals surface area contributed by atoms with Gasteiger partial charge in [-0.05, 0) is 31.5 Å². The molecule has 0 fully saturated rings. The average molecular weight is 335 g/mol. The summed E-state index contributed by atoms with van der Waals surface area (Å²) in [6.07, 6.45) is 0. The first kappa shape index (κ1) is 18.2. The monoisotopic (exact) mass is 334 g/mol. The van der Waals surface area contributed by atoms with Gasteiger partial charge < -0.3 is 15.5 Å². The largest absolute Gasteiger partial charge is 0.382 e. The van der Waals surface area contributed by atoms with Crippen molar-refractivity contribution in [3.05, 3.63) is 0 Å². The van der Waals surface area contributed by atoms with E-state index in [1.165, 1.54) is 11.5 Å². The molecule has 1 aromatic rings. The fourth-order valence-electron chi connectivity index (χ4n) is 1.96. The van der Waals surface area contributed by atoms with E-state index >= 15 is 0 Å². The Balaban J connectivity index is 3.19. The normalized spacial score (nSPS) is 12.3. The van der Waals surface area contributed by atoms with Crippen molar-refractivity contribution in [1.29, 1.82) is 0 Å². The highest BCUT2D eigenvalue weighted by Crippen LogP contribution is 2.35. The van der Waals surface area contributed by atoms with Gasteiger partial charge in [-0.15, -0.1) is 0 Å². The third-order valence-electron chi connectivity index (χ3n) is 3.04. The number of anilines is 2. The van der Waals surface area contributed by atoms with Crippen molar-refractivity contribution in [1.82, 2.24) is 9.27 Å². The Morgan fingerprint density at radius 3 is 2.38 bits per heavy atom. The zero-order valence-electron chi connectivity index (χ0n) is 13.5. The van der Waals surface area contributed by atoms with Gasteiger partial charge in [-0.2, -0.15) is 4.37 Å². The number of rotatable bonds is 8. The third kappa shape index (κ3) is 4.82. The van der Waals surface area contributed by atoms with Crippen molar-refractivity contribution >= 4 is 32.2 Å². The lowest BCUT2D eigenvalue weighted by molar-refractivity contribution is 0.409. The van der Waals surface area contributed by atoms with Gasteiger partial charge >= 0.3 is 0 Å². The fourth-order valence-corrected chi connectivity index (χ4v) is 4.30. The molecular formula is C13H26N4O2S2. The molecule has 0 saturated carbocycles. The maximum Gasteiger partial charge on any atom is 0.184 e. The van der Waals surface area contributed by atoms with Gasteiger partial charge in [0.15, 0.2) is 15.7 Å². The van der Waals surface area contributed by atoms with Crippen LogP contribution in [0.1, 0.15) is 20.8 Å². The van der Waals surface area contributed by atoms with Gasteiger partial charge in [0.2, 0.25) is 0 Å². The molecule has 0 amide bonds. The molecule has 21 heavy (non-hydrogen) atoms. The van der Waals surface area contributed by atoms with Crippen LogP contribution in [0.5, 0.6) is 0 Å². The van der Waals surface area contributed by atoms with Gasteiger partial charge in [0, 0.05) is 19.6 Å². The number of sulfone groups is 1. The van der Waals surface area contributed by atoms with Crippen molar-refractivity contribution in [2.75, 3.05) is 50.1 Å². The number of hydrogen-bond donors (Lipinski definition) is 1. The highest BCUT2D eigenvalue weighted by atomic mass is 32.2. The Labute approximate surface area is 132 Å². The molecule has 0 bridgehead atoms. The van der Waals surface area contributed by atoms with Crippen LogP contribution in [0.3, 0.4) is 0 Å². The standard InChI is InChI=1S/C13H26N4O2S2/c1-6-21(18,19)11-12(14)15-20-13(11)17(9-10(2)3)8-7-16(4)5/h10H,6-9H2,1-5H3,(H2,14,15). The molecule has 0 spiro atoms. The van der Waals surface area contributed by atoms with Crippen molar-refractivity contribution in [3.63, 3.8) is 0 Å². The summed E-state index contributed by atoms with van der Waals surface area (Å²) in [5.41, 5.74) is 5.81. The van der Waals surface area contributed by atoms with Crippen LogP contribution in [0.4, 0.5) is 10.8 Å². The number of aromatic nitrogens is 1. The molecule has 2 N–H and O–H groups in total. The summed E-state index contributed by atoms with van der Waals surface area (Å²) in [5, 5.41) is 0.671. The lowest BCUT2D eigenvalue weighted by Gasteiger charge is -2.27. The molecule has 0 aliphatic heterocycles. The first-order chi connectivity index (χ1) is 9.69. The molecule has 0 aliphatic rings. The van der Waals surface area contributed by atoms with Crippen molar-refractivity contribution < 1.29 is 8.42 Å². The predicted octanol–water partition coefficient (Wildman–Crippen LogP) is 1.54. The van der Waals surface area contributed by atoms with E-state index in [-0.39, 0.29) is 16.5 Å². The second-order valence-electron chi connectivity index (χ2n) is 5.75. The number of likely N-dealkylation sites (N-methyl/N-ethyl adjacent to an activating group) is 1. The smallest absolute Gasteiger partial charge is 0.184 e. The van der Waals surface area contributed by atoms with E-state index in [4.69, 9.17) is 5.73 Å². The molecule has 0 unspecified atom stereocenters. The summed E-state index contributed by atoms with van der Waals surface area (Å²) in [4.78, 5) is 4.36. The Hall–Kier alpha value is -0.860. The highest BCUT2D eigenvalue weighted by molar-refractivity contribution is 7.91. The van der Waals surface area contributed by atoms with E-state index in [9.17, 15) is 8.42 Å². The number of nitrogen functional groups attached to an aromatic ring is 1. The summed E-state index contributed by atoms with van der Waals surface area (Å²) in [5.74, 6) is 0.578. The zero-order valence-corrected chi connectivity index (χ0v) is 15.1. The fraction of sp³-hybridized carbons (Fsp3) is 0.769. The van der Waals surface area contributed by atoms with Crippen LogP contribution in [0.15, 0.2) is 4.90 Å². The first-order valence-corrected chi connectivity index (χ1v) is 9.49. The van der Waals surface area contributed by atoms with E-state index in [0.717, 1.165) is 19.6 Å². The molecule has 1 aromatic heterocycles. The Morgan fingerprint density at radius 2 is 1.90 bits per heavy atom. The SMILES string of the molecule is CCS(=O)(=O)c1c(N)nsc1N(CCN(C)C)CC(C)C. The van der Waals surface area contributed by atoms with Gasteiger partial charge in [-0.25, -0.2) is 8.42 Å². The summed E-state index contributed by atoms with van der Waals surface area (Å²) >= 11 is 1.17. The quantitative estimate of drug-likeness (QED) is 0.777. The zero-order chi connectivity index (χ0) is 16.2. The lowest BCUT2D eigenvalue weighted by Crippen LogP contribution is -2.34. The van der Waals surface area contributed by atoms with Crippen LogP contribution in [-0.4, -0.2) is 57.2 Å². The molecule has 0 saturated heterocycles. The summed E-state index contributed by atoms with van der Waals surface area (Å²) in [6, 6.07) is 0. The van der Waals surface area contributed by atoms with E-state index in [1.807, 2.05) is 14.1 Å². The molecule has 0 aromatic carbocycles. The van der Waals surface area contributed by atoms with Crippen LogP contribution in [0.25, 0.3) is 0 Å². The minimum atomic E-state index is -3.37. The second-order valence-corrected chi connectivity index (χ2v) is 8.72. The van der Waals surface area contributed by atoms with Crippen LogP contribution in [-0.2, 0) is 9.84 Å².